The van der Waals surface area contributed by atoms with Crippen LogP contribution >= 0.6 is 0 Å². The number of H-pyrrole nitrogens is 1. The predicted molar refractivity (Wildman–Crippen MR) is 68.1 cm³/mol. The number of benzene rings is 1. The summed E-state index contributed by atoms with van der Waals surface area (Å²) >= 11 is 0. The van der Waals surface area contributed by atoms with E-state index in [1.807, 2.05) is 6.07 Å². The summed E-state index contributed by atoms with van der Waals surface area (Å²) in [7, 11) is 0. The Kier molecular flexibility index (Phi) is 3.43. The first kappa shape index (κ1) is 11.9. The third kappa shape index (κ3) is 2.98. The minimum absolute atomic E-state index is 0.110. The van der Waals surface area contributed by atoms with Crippen molar-refractivity contribution in [2.45, 2.75) is 6.42 Å². The summed E-state index contributed by atoms with van der Waals surface area (Å²) in [5.41, 5.74) is 7.10. The van der Waals surface area contributed by atoms with Crippen LogP contribution in [0.3, 0.4) is 0 Å². The number of hydrogen-bond donors (Lipinski definition) is 3. The number of amides is 2. The van der Waals surface area contributed by atoms with Crippen molar-refractivity contribution in [3.63, 3.8) is 0 Å². The van der Waals surface area contributed by atoms with E-state index in [4.69, 9.17) is 5.73 Å². The first-order valence-electron chi connectivity index (χ1n) is 5.46. The maximum Gasteiger partial charge on any atom is 0.248 e. The van der Waals surface area contributed by atoms with Crippen molar-refractivity contribution >= 4 is 17.5 Å². The lowest BCUT2D eigenvalue weighted by Crippen LogP contribution is -2.14. The number of aromatic amines is 1. The van der Waals surface area contributed by atoms with Gasteiger partial charge in [0.05, 0.1) is 6.42 Å². The summed E-state index contributed by atoms with van der Waals surface area (Å²) in [5, 5.41) is 2.74. The zero-order chi connectivity index (χ0) is 13.0. The molecule has 0 aliphatic heterocycles. The second-order valence-corrected chi connectivity index (χ2v) is 3.89. The second kappa shape index (κ2) is 5.18. The quantitative estimate of drug-likeness (QED) is 0.755. The third-order valence-corrected chi connectivity index (χ3v) is 2.48. The van der Waals surface area contributed by atoms with Gasteiger partial charge in [0, 0.05) is 23.6 Å². The number of nitrogens with one attached hydrogen (secondary N) is 2. The molecule has 0 atom stereocenters. The largest absolute Gasteiger partial charge is 0.367 e. The lowest BCUT2D eigenvalue weighted by atomic mass is 10.2. The van der Waals surface area contributed by atoms with E-state index in [9.17, 15) is 9.59 Å². The van der Waals surface area contributed by atoms with Gasteiger partial charge >= 0.3 is 0 Å². The van der Waals surface area contributed by atoms with Crippen molar-refractivity contribution in [1.29, 1.82) is 0 Å². The van der Waals surface area contributed by atoms with Crippen molar-refractivity contribution < 1.29 is 9.59 Å². The molecule has 5 nitrogen and oxygen atoms in total. The molecule has 0 saturated carbocycles. The van der Waals surface area contributed by atoms with E-state index in [1.54, 1.807) is 36.7 Å². The smallest absolute Gasteiger partial charge is 0.248 e. The van der Waals surface area contributed by atoms with E-state index in [0.717, 1.165) is 5.56 Å². The number of hydrogen-bond acceptors (Lipinski definition) is 2. The SMILES string of the molecule is NC(=O)c1ccc(NC(=O)Cc2cc[nH]c2)cc1. The Morgan fingerprint density at radius 1 is 1.17 bits per heavy atom. The molecule has 0 unspecified atom stereocenters. The number of carbonyl (C=O) groups is 2. The van der Waals surface area contributed by atoms with E-state index < -0.39 is 5.91 Å². The molecule has 0 radical (unpaired) electrons. The fourth-order valence-electron chi connectivity index (χ4n) is 1.58. The standard InChI is InChI=1S/C13H13N3O2/c14-13(18)10-1-3-11(4-2-10)16-12(17)7-9-5-6-15-8-9/h1-6,8,15H,7H2,(H2,14,18)(H,16,17). The van der Waals surface area contributed by atoms with Gasteiger partial charge in [-0.1, -0.05) is 0 Å². The maximum atomic E-state index is 11.7. The van der Waals surface area contributed by atoms with Gasteiger partial charge in [-0.25, -0.2) is 0 Å². The van der Waals surface area contributed by atoms with Crippen molar-refractivity contribution in [2.24, 2.45) is 5.73 Å². The topological polar surface area (TPSA) is 88.0 Å². The molecule has 5 heteroatoms. The Hall–Kier alpha value is -2.56. The molecule has 0 aliphatic carbocycles. The number of aromatic nitrogens is 1. The van der Waals surface area contributed by atoms with Gasteiger partial charge in [-0.3, -0.25) is 9.59 Å². The molecule has 0 fully saturated rings. The van der Waals surface area contributed by atoms with E-state index >= 15 is 0 Å². The fraction of sp³-hybridized carbons (Fsp3) is 0.0769. The third-order valence-electron chi connectivity index (χ3n) is 2.48. The number of anilines is 1. The summed E-state index contributed by atoms with van der Waals surface area (Å²) < 4.78 is 0. The molecule has 2 aromatic rings. The van der Waals surface area contributed by atoms with Crippen LogP contribution < -0.4 is 11.1 Å². The van der Waals surface area contributed by atoms with Crippen molar-refractivity contribution in [3.05, 3.63) is 53.9 Å². The van der Waals surface area contributed by atoms with Crippen LogP contribution in [0.4, 0.5) is 5.69 Å². The van der Waals surface area contributed by atoms with Crippen molar-refractivity contribution in [3.8, 4) is 0 Å². The molecule has 0 bridgehead atoms. The monoisotopic (exact) mass is 243 g/mol. The van der Waals surface area contributed by atoms with Crippen LogP contribution in [0.2, 0.25) is 0 Å². The number of nitrogens with two attached hydrogens (primary N) is 1. The lowest BCUT2D eigenvalue weighted by Gasteiger charge is -2.04. The van der Waals surface area contributed by atoms with Gasteiger partial charge in [-0.15, -0.1) is 0 Å². The van der Waals surface area contributed by atoms with Crippen LogP contribution in [0.5, 0.6) is 0 Å². The molecule has 1 heterocycles. The van der Waals surface area contributed by atoms with E-state index in [1.165, 1.54) is 0 Å². The molecule has 2 amide bonds. The normalized spacial score (nSPS) is 10.0. The van der Waals surface area contributed by atoms with Gasteiger partial charge in [0.2, 0.25) is 11.8 Å². The van der Waals surface area contributed by atoms with Crippen LogP contribution in [0.15, 0.2) is 42.7 Å². The Labute approximate surface area is 104 Å². The highest BCUT2D eigenvalue weighted by Gasteiger charge is 2.05. The summed E-state index contributed by atoms with van der Waals surface area (Å²) in [6.45, 7) is 0. The average Bonchev–Trinajstić information content (AvgIpc) is 2.82. The zero-order valence-corrected chi connectivity index (χ0v) is 9.64. The van der Waals surface area contributed by atoms with Crippen molar-refractivity contribution in [2.75, 3.05) is 5.32 Å². The molecule has 4 N–H and O–H groups in total. The molecule has 92 valence electrons. The fourth-order valence-corrected chi connectivity index (χ4v) is 1.58. The number of primary amides is 1. The van der Waals surface area contributed by atoms with Crippen LogP contribution in [-0.2, 0) is 11.2 Å². The minimum Gasteiger partial charge on any atom is -0.367 e. The first-order chi connectivity index (χ1) is 8.65. The molecule has 1 aromatic heterocycles. The van der Waals surface area contributed by atoms with Crippen LogP contribution in [0, 0.1) is 0 Å². The van der Waals surface area contributed by atoms with Gasteiger partial charge in [0.25, 0.3) is 0 Å². The Morgan fingerprint density at radius 2 is 1.89 bits per heavy atom. The molecule has 18 heavy (non-hydrogen) atoms. The Balaban J connectivity index is 1.97. The summed E-state index contributed by atoms with van der Waals surface area (Å²) in [5.74, 6) is -0.596. The van der Waals surface area contributed by atoms with Gasteiger partial charge in [-0.05, 0) is 35.9 Å². The maximum absolute atomic E-state index is 11.7. The van der Waals surface area contributed by atoms with Crippen molar-refractivity contribution in [1.82, 2.24) is 4.98 Å². The van der Waals surface area contributed by atoms with Crippen LogP contribution in [-0.4, -0.2) is 16.8 Å². The molecule has 0 aliphatic rings. The minimum atomic E-state index is -0.486. The molecule has 2 rings (SSSR count). The summed E-state index contributed by atoms with van der Waals surface area (Å²) in [6, 6.07) is 8.29. The molecular formula is C13H13N3O2. The molecule has 0 spiro atoms. The Bertz CT molecular complexity index is 544. The van der Waals surface area contributed by atoms with E-state index in [0.29, 0.717) is 17.7 Å². The molecular weight excluding hydrogens is 230 g/mol. The Morgan fingerprint density at radius 3 is 2.44 bits per heavy atom. The second-order valence-electron chi connectivity index (χ2n) is 3.89. The van der Waals surface area contributed by atoms with Gasteiger partial charge in [-0.2, -0.15) is 0 Å². The number of rotatable bonds is 4. The van der Waals surface area contributed by atoms with Gasteiger partial charge in [0.15, 0.2) is 0 Å². The van der Waals surface area contributed by atoms with E-state index in [2.05, 4.69) is 10.3 Å². The highest BCUT2D eigenvalue weighted by Crippen LogP contribution is 2.10. The lowest BCUT2D eigenvalue weighted by molar-refractivity contribution is -0.115. The highest BCUT2D eigenvalue weighted by molar-refractivity contribution is 5.95. The van der Waals surface area contributed by atoms with Gasteiger partial charge < -0.3 is 16.0 Å². The summed E-state index contributed by atoms with van der Waals surface area (Å²) in [6.07, 6.45) is 3.85. The first-order valence-corrected chi connectivity index (χ1v) is 5.46. The van der Waals surface area contributed by atoms with Gasteiger partial charge in [0.1, 0.15) is 0 Å². The summed E-state index contributed by atoms with van der Waals surface area (Å²) in [4.78, 5) is 25.4. The molecule has 1 aromatic carbocycles. The van der Waals surface area contributed by atoms with Crippen LogP contribution in [0.1, 0.15) is 15.9 Å². The van der Waals surface area contributed by atoms with Crippen LogP contribution in [0.25, 0.3) is 0 Å². The zero-order valence-electron chi connectivity index (χ0n) is 9.64. The molecule has 0 saturated heterocycles. The number of carbonyl (C=O) groups excluding carboxylic acids is 2. The average molecular weight is 243 g/mol. The highest BCUT2D eigenvalue weighted by atomic mass is 16.1. The van der Waals surface area contributed by atoms with E-state index in [-0.39, 0.29) is 5.91 Å². The predicted octanol–water partition coefficient (Wildman–Crippen LogP) is 1.29.